The minimum absolute atomic E-state index is 0.115. The first-order valence-corrected chi connectivity index (χ1v) is 7.22. The fourth-order valence-electron chi connectivity index (χ4n) is 2.69. The van der Waals surface area contributed by atoms with Gasteiger partial charge in [-0.25, -0.2) is 9.97 Å². The van der Waals surface area contributed by atoms with Crippen molar-refractivity contribution in [3.8, 4) is 0 Å². The molecule has 0 aliphatic heterocycles. The standard InChI is InChI=1S/C14H24N4O/c1-3-6-10-13(15-2)16-9-17-14(10)18-11-7-4-5-8-12(11)19/h9,11-12,19H,3-8H2,1-2H3,(H2,15,16,17,18). The third-order valence-corrected chi connectivity index (χ3v) is 3.73. The fourth-order valence-corrected chi connectivity index (χ4v) is 2.69. The van der Waals surface area contributed by atoms with Crippen molar-refractivity contribution in [2.75, 3.05) is 17.7 Å². The predicted octanol–water partition coefficient (Wildman–Crippen LogP) is 2.19. The van der Waals surface area contributed by atoms with Crippen molar-refractivity contribution < 1.29 is 5.11 Å². The molecule has 0 aromatic carbocycles. The zero-order chi connectivity index (χ0) is 13.7. The van der Waals surface area contributed by atoms with Crippen LogP contribution in [0.1, 0.15) is 44.6 Å². The Kier molecular flexibility index (Phi) is 4.96. The topological polar surface area (TPSA) is 70.1 Å². The Hall–Kier alpha value is -1.36. The number of hydrogen-bond acceptors (Lipinski definition) is 5. The number of aliphatic hydroxyl groups is 1. The van der Waals surface area contributed by atoms with Gasteiger partial charge in [-0.1, -0.05) is 26.2 Å². The molecule has 2 unspecified atom stereocenters. The van der Waals surface area contributed by atoms with E-state index in [-0.39, 0.29) is 12.1 Å². The third-order valence-electron chi connectivity index (χ3n) is 3.73. The van der Waals surface area contributed by atoms with E-state index < -0.39 is 0 Å². The Labute approximate surface area is 114 Å². The second-order valence-corrected chi connectivity index (χ2v) is 5.15. The van der Waals surface area contributed by atoms with Gasteiger partial charge in [0.2, 0.25) is 0 Å². The van der Waals surface area contributed by atoms with Gasteiger partial charge in [-0.15, -0.1) is 0 Å². The number of anilines is 2. The zero-order valence-electron chi connectivity index (χ0n) is 11.8. The molecule has 0 radical (unpaired) electrons. The summed E-state index contributed by atoms with van der Waals surface area (Å²) in [6, 6.07) is 0.115. The minimum atomic E-state index is -0.267. The molecule has 19 heavy (non-hydrogen) atoms. The van der Waals surface area contributed by atoms with Crippen LogP contribution in [0.4, 0.5) is 11.6 Å². The number of nitrogens with zero attached hydrogens (tertiary/aromatic N) is 2. The number of hydrogen-bond donors (Lipinski definition) is 3. The van der Waals surface area contributed by atoms with Crippen molar-refractivity contribution in [3.63, 3.8) is 0 Å². The van der Waals surface area contributed by atoms with Crippen LogP contribution in [0, 0.1) is 0 Å². The summed E-state index contributed by atoms with van der Waals surface area (Å²) in [7, 11) is 1.88. The first kappa shape index (κ1) is 14.1. The summed E-state index contributed by atoms with van der Waals surface area (Å²) in [6.45, 7) is 2.14. The first-order valence-electron chi connectivity index (χ1n) is 7.22. The Bertz CT molecular complexity index is 410. The highest BCUT2D eigenvalue weighted by molar-refractivity contribution is 5.57. The van der Waals surface area contributed by atoms with Crippen molar-refractivity contribution in [3.05, 3.63) is 11.9 Å². The molecule has 0 bridgehead atoms. The number of rotatable bonds is 5. The molecule has 1 aliphatic carbocycles. The lowest BCUT2D eigenvalue weighted by Gasteiger charge is -2.29. The predicted molar refractivity (Wildman–Crippen MR) is 77.5 cm³/mol. The van der Waals surface area contributed by atoms with Crippen molar-refractivity contribution in [2.45, 2.75) is 57.6 Å². The van der Waals surface area contributed by atoms with Crippen molar-refractivity contribution in [1.82, 2.24) is 9.97 Å². The largest absolute Gasteiger partial charge is 0.391 e. The maximum absolute atomic E-state index is 10.1. The molecule has 0 amide bonds. The molecule has 1 aromatic heterocycles. The molecule has 1 fully saturated rings. The molecule has 5 nitrogen and oxygen atoms in total. The summed E-state index contributed by atoms with van der Waals surface area (Å²) >= 11 is 0. The summed E-state index contributed by atoms with van der Waals surface area (Å²) in [5.41, 5.74) is 1.12. The monoisotopic (exact) mass is 264 g/mol. The second kappa shape index (κ2) is 6.70. The average Bonchev–Trinajstić information content (AvgIpc) is 2.43. The van der Waals surface area contributed by atoms with Crippen LogP contribution in [0.2, 0.25) is 0 Å². The molecule has 2 rings (SSSR count). The summed E-state index contributed by atoms with van der Waals surface area (Å²) in [4.78, 5) is 8.62. The van der Waals surface area contributed by atoms with E-state index in [1.807, 2.05) is 7.05 Å². The number of nitrogens with one attached hydrogen (secondary N) is 2. The van der Waals surface area contributed by atoms with Gasteiger partial charge in [-0.3, -0.25) is 0 Å². The summed E-state index contributed by atoms with van der Waals surface area (Å²) < 4.78 is 0. The Morgan fingerprint density at radius 1 is 1.26 bits per heavy atom. The summed E-state index contributed by atoms with van der Waals surface area (Å²) in [5, 5.41) is 16.6. The van der Waals surface area contributed by atoms with Gasteiger partial charge in [0.1, 0.15) is 18.0 Å². The molecular formula is C14H24N4O. The molecule has 0 saturated heterocycles. The van der Waals surface area contributed by atoms with Gasteiger partial charge >= 0.3 is 0 Å². The lowest BCUT2D eigenvalue weighted by atomic mass is 9.92. The van der Waals surface area contributed by atoms with E-state index in [9.17, 15) is 5.11 Å². The molecule has 1 saturated carbocycles. The van der Waals surface area contributed by atoms with E-state index in [0.29, 0.717) is 0 Å². The zero-order valence-corrected chi connectivity index (χ0v) is 11.8. The average molecular weight is 264 g/mol. The van der Waals surface area contributed by atoms with Crippen LogP contribution in [-0.4, -0.2) is 34.3 Å². The third kappa shape index (κ3) is 3.35. The van der Waals surface area contributed by atoms with Gasteiger partial charge in [0.05, 0.1) is 12.1 Å². The van der Waals surface area contributed by atoms with E-state index in [4.69, 9.17) is 0 Å². The van der Waals surface area contributed by atoms with E-state index in [1.54, 1.807) is 6.33 Å². The van der Waals surface area contributed by atoms with Crippen LogP contribution in [0.15, 0.2) is 6.33 Å². The summed E-state index contributed by atoms with van der Waals surface area (Å²) in [6.07, 6.45) is 7.45. The maximum atomic E-state index is 10.1. The number of aromatic nitrogens is 2. The summed E-state index contributed by atoms with van der Waals surface area (Å²) in [5.74, 6) is 1.75. The highest BCUT2D eigenvalue weighted by Crippen LogP contribution is 2.26. The lowest BCUT2D eigenvalue weighted by molar-refractivity contribution is 0.116. The fraction of sp³-hybridized carbons (Fsp3) is 0.714. The van der Waals surface area contributed by atoms with Gasteiger partial charge in [0, 0.05) is 12.6 Å². The lowest BCUT2D eigenvalue weighted by Crippen LogP contribution is -2.37. The Balaban J connectivity index is 2.18. The molecule has 5 heteroatoms. The quantitative estimate of drug-likeness (QED) is 0.760. The van der Waals surface area contributed by atoms with Crippen molar-refractivity contribution in [1.29, 1.82) is 0 Å². The van der Waals surface area contributed by atoms with Crippen molar-refractivity contribution >= 4 is 11.6 Å². The van der Waals surface area contributed by atoms with Gasteiger partial charge < -0.3 is 15.7 Å². The van der Waals surface area contributed by atoms with Gasteiger partial charge in [-0.05, 0) is 19.3 Å². The van der Waals surface area contributed by atoms with Gasteiger partial charge in [0.25, 0.3) is 0 Å². The van der Waals surface area contributed by atoms with Crippen LogP contribution in [0.3, 0.4) is 0 Å². The Morgan fingerprint density at radius 3 is 2.68 bits per heavy atom. The van der Waals surface area contributed by atoms with Gasteiger partial charge in [-0.2, -0.15) is 0 Å². The Morgan fingerprint density at radius 2 is 2.00 bits per heavy atom. The smallest absolute Gasteiger partial charge is 0.135 e. The molecular weight excluding hydrogens is 240 g/mol. The highest BCUT2D eigenvalue weighted by Gasteiger charge is 2.24. The van der Waals surface area contributed by atoms with E-state index >= 15 is 0 Å². The van der Waals surface area contributed by atoms with E-state index in [0.717, 1.165) is 49.3 Å². The van der Waals surface area contributed by atoms with Crippen LogP contribution >= 0.6 is 0 Å². The molecule has 0 spiro atoms. The van der Waals surface area contributed by atoms with E-state index in [2.05, 4.69) is 27.5 Å². The number of aliphatic hydroxyl groups excluding tert-OH is 1. The molecule has 1 aliphatic rings. The van der Waals surface area contributed by atoms with Crippen LogP contribution < -0.4 is 10.6 Å². The molecule has 1 heterocycles. The normalized spacial score (nSPS) is 23.1. The SMILES string of the molecule is CCCc1c(NC)ncnc1NC1CCCCC1O. The molecule has 3 N–H and O–H groups in total. The van der Waals surface area contributed by atoms with Crippen LogP contribution in [0.5, 0.6) is 0 Å². The minimum Gasteiger partial charge on any atom is -0.391 e. The molecule has 106 valence electrons. The highest BCUT2D eigenvalue weighted by atomic mass is 16.3. The van der Waals surface area contributed by atoms with Crippen LogP contribution in [-0.2, 0) is 6.42 Å². The maximum Gasteiger partial charge on any atom is 0.135 e. The molecule has 2 atom stereocenters. The van der Waals surface area contributed by atoms with E-state index in [1.165, 1.54) is 6.42 Å². The first-order chi connectivity index (χ1) is 9.26. The van der Waals surface area contributed by atoms with Crippen LogP contribution in [0.25, 0.3) is 0 Å². The van der Waals surface area contributed by atoms with Crippen molar-refractivity contribution in [2.24, 2.45) is 0 Å². The van der Waals surface area contributed by atoms with Gasteiger partial charge in [0.15, 0.2) is 0 Å². The molecule has 1 aromatic rings. The second-order valence-electron chi connectivity index (χ2n) is 5.15.